The van der Waals surface area contributed by atoms with Gasteiger partial charge in [-0.25, -0.2) is 0 Å². The average molecular weight is 525 g/mol. The highest BCUT2D eigenvalue weighted by Gasteiger charge is 2.32. The Morgan fingerprint density at radius 2 is 1.86 bits per heavy atom. The van der Waals surface area contributed by atoms with E-state index in [-0.39, 0.29) is 24.8 Å². The van der Waals surface area contributed by atoms with E-state index in [0.29, 0.717) is 29.7 Å². The summed E-state index contributed by atoms with van der Waals surface area (Å²) in [4.78, 5) is 28.6. The number of ether oxygens (including phenoxy) is 1. The molecule has 2 aliphatic rings. The molecular formula is C26H29ClN6O4. The molecule has 0 aliphatic carbocycles. The van der Waals surface area contributed by atoms with Crippen LogP contribution in [0.2, 0.25) is 5.02 Å². The number of hydrogen-bond donors (Lipinski definition) is 2. The maximum atomic E-state index is 13.3. The molecule has 1 aromatic heterocycles. The first kappa shape index (κ1) is 26.3. The molecule has 3 heterocycles. The van der Waals surface area contributed by atoms with Crippen molar-refractivity contribution in [3.8, 4) is 11.4 Å². The number of amides is 1. The van der Waals surface area contributed by atoms with Gasteiger partial charge in [-0.05, 0) is 50.1 Å². The van der Waals surface area contributed by atoms with Crippen LogP contribution in [0.5, 0.6) is 5.75 Å². The predicted octanol–water partition coefficient (Wildman–Crippen LogP) is 3.17. The van der Waals surface area contributed by atoms with Crippen molar-refractivity contribution >= 4 is 29.7 Å². The predicted molar refractivity (Wildman–Crippen MR) is 140 cm³/mol. The van der Waals surface area contributed by atoms with Crippen molar-refractivity contribution in [2.75, 3.05) is 20.2 Å². The molecule has 2 aliphatic heterocycles. The standard InChI is InChI=1S/C25H27ClN6O2.CH2O2/c1-15-29-30-25-21(14-23(33)31-11-9-18(27)10-12-31)28-24(16-3-5-17(26)6-4-16)20-13-19(34-2)7-8-22(20)32(15)25;2-1-3/h3-8,13,18,21H,9-12,14,27H2,1-2H3;1H,(H,2,3)/t21-;/m0./s1. The Morgan fingerprint density at radius 1 is 1.19 bits per heavy atom. The zero-order valence-corrected chi connectivity index (χ0v) is 21.4. The van der Waals surface area contributed by atoms with Gasteiger partial charge in [-0.1, -0.05) is 23.7 Å². The number of benzene rings is 2. The monoisotopic (exact) mass is 524 g/mol. The normalized spacial score (nSPS) is 16.9. The smallest absolute Gasteiger partial charge is 0.290 e. The highest BCUT2D eigenvalue weighted by atomic mass is 35.5. The summed E-state index contributed by atoms with van der Waals surface area (Å²) < 4.78 is 7.51. The molecule has 0 bridgehead atoms. The van der Waals surface area contributed by atoms with Gasteiger partial charge < -0.3 is 20.5 Å². The van der Waals surface area contributed by atoms with Gasteiger partial charge >= 0.3 is 0 Å². The highest BCUT2D eigenvalue weighted by Crippen LogP contribution is 2.35. The Kier molecular flexibility index (Phi) is 8.20. The number of piperidine rings is 1. The fourth-order valence-electron chi connectivity index (χ4n) is 4.62. The van der Waals surface area contributed by atoms with Crippen molar-refractivity contribution in [1.82, 2.24) is 19.7 Å². The molecule has 3 aromatic rings. The van der Waals surface area contributed by atoms with Crippen molar-refractivity contribution in [2.45, 2.75) is 38.3 Å². The summed E-state index contributed by atoms with van der Waals surface area (Å²) in [5, 5.41) is 16.3. The Bertz CT molecular complexity index is 1300. The summed E-state index contributed by atoms with van der Waals surface area (Å²) in [5.41, 5.74) is 9.46. The number of methoxy groups -OCH3 is 1. The molecule has 10 nitrogen and oxygen atoms in total. The lowest BCUT2D eigenvalue weighted by atomic mass is 10.00. The van der Waals surface area contributed by atoms with E-state index in [1.807, 2.05) is 58.9 Å². The van der Waals surface area contributed by atoms with Gasteiger partial charge in [0.15, 0.2) is 5.82 Å². The summed E-state index contributed by atoms with van der Waals surface area (Å²) in [6.07, 6.45) is 1.84. The molecule has 0 spiro atoms. The molecule has 194 valence electrons. The number of nitrogens with two attached hydrogens (primary N) is 1. The summed E-state index contributed by atoms with van der Waals surface area (Å²) >= 11 is 6.16. The molecule has 5 rings (SSSR count). The molecule has 1 atom stereocenters. The Labute approximate surface area is 219 Å². The molecule has 1 fully saturated rings. The first-order valence-corrected chi connectivity index (χ1v) is 12.3. The van der Waals surface area contributed by atoms with Crippen molar-refractivity contribution in [3.05, 3.63) is 70.3 Å². The minimum Gasteiger partial charge on any atom is -0.497 e. The van der Waals surface area contributed by atoms with E-state index in [2.05, 4.69) is 10.2 Å². The molecule has 2 aromatic carbocycles. The fraction of sp³-hybridized carbons (Fsp3) is 0.346. The van der Waals surface area contributed by atoms with Crippen LogP contribution in [0.4, 0.5) is 0 Å². The number of aryl methyl sites for hydroxylation is 1. The second-order valence-corrected chi connectivity index (χ2v) is 9.29. The molecule has 3 N–H and O–H groups in total. The van der Waals surface area contributed by atoms with E-state index in [1.165, 1.54) is 0 Å². The Balaban J connectivity index is 0.00000102. The minimum absolute atomic E-state index is 0.0480. The van der Waals surface area contributed by atoms with Gasteiger partial charge in [0.2, 0.25) is 5.91 Å². The number of aliphatic imine (C=N–C) groups is 1. The van der Waals surface area contributed by atoms with Crippen LogP contribution in [0, 0.1) is 6.92 Å². The van der Waals surface area contributed by atoms with E-state index in [9.17, 15) is 4.79 Å². The van der Waals surface area contributed by atoms with E-state index in [1.54, 1.807) is 7.11 Å². The maximum absolute atomic E-state index is 13.3. The molecule has 0 radical (unpaired) electrons. The minimum atomic E-state index is -0.492. The van der Waals surface area contributed by atoms with Gasteiger partial charge in [-0.15, -0.1) is 10.2 Å². The van der Waals surface area contributed by atoms with Crippen LogP contribution in [-0.2, 0) is 9.59 Å². The zero-order chi connectivity index (χ0) is 26.5. The lowest BCUT2D eigenvalue weighted by Crippen LogP contribution is -2.43. The summed E-state index contributed by atoms with van der Waals surface area (Å²) in [5.74, 6) is 2.14. The SMILES string of the molecule is COc1ccc2c(c1)C(c1ccc(Cl)cc1)=N[C@@H](CC(=O)N1CCC(N)CC1)c1nnc(C)n1-2.O=CO. The molecular weight excluding hydrogens is 496 g/mol. The average Bonchev–Trinajstić information content (AvgIpc) is 3.22. The van der Waals surface area contributed by atoms with Gasteiger partial charge in [-0.3, -0.25) is 19.1 Å². The van der Waals surface area contributed by atoms with Crippen LogP contribution < -0.4 is 10.5 Å². The van der Waals surface area contributed by atoms with E-state index in [0.717, 1.165) is 41.2 Å². The number of rotatable bonds is 4. The quantitative estimate of drug-likeness (QED) is 0.500. The third-order valence-electron chi connectivity index (χ3n) is 6.51. The van der Waals surface area contributed by atoms with Crippen LogP contribution in [-0.4, -0.2) is 69.1 Å². The number of fused-ring (bicyclic) bond motifs is 3. The third kappa shape index (κ3) is 5.65. The van der Waals surface area contributed by atoms with Gasteiger partial charge in [-0.2, -0.15) is 0 Å². The Hall–Kier alpha value is -3.76. The fourth-order valence-corrected chi connectivity index (χ4v) is 4.75. The zero-order valence-electron chi connectivity index (χ0n) is 20.7. The Morgan fingerprint density at radius 3 is 2.51 bits per heavy atom. The number of carbonyl (C=O) groups excluding carboxylic acids is 1. The highest BCUT2D eigenvalue weighted by molar-refractivity contribution is 6.30. The van der Waals surface area contributed by atoms with Crippen molar-refractivity contribution in [2.24, 2.45) is 10.7 Å². The molecule has 0 unspecified atom stereocenters. The van der Waals surface area contributed by atoms with Crippen LogP contribution in [0.15, 0.2) is 47.5 Å². The van der Waals surface area contributed by atoms with Crippen LogP contribution in [0.3, 0.4) is 0 Å². The number of carbonyl (C=O) groups is 2. The van der Waals surface area contributed by atoms with Gasteiger partial charge in [0.25, 0.3) is 6.47 Å². The molecule has 11 heteroatoms. The summed E-state index contributed by atoms with van der Waals surface area (Å²) in [6.45, 7) is 3.00. The lowest BCUT2D eigenvalue weighted by Gasteiger charge is -2.30. The van der Waals surface area contributed by atoms with E-state index < -0.39 is 6.04 Å². The van der Waals surface area contributed by atoms with Crippen molar-refractivity contribution in [3.63, 3.8) is 0 Å². The molecule has 0 saturated carbocycles. The van der Waals surface area contributed by atoms with Gasteiger partial charge in [0.05, 0.1) is 24.9 Å². The van der Waals surface area contributed by atoms with E-state index in [4.69, 9.17) is 37.0 Å². The van der Waals surface area contributed by atoms with Crippen LogP contribution in [0.25, 0.3) is 5.69 Å². The van der Waals surface area contributed by atoms with E-state index >= 15 is 0 Å². The second kappa shape index (κ2) is 11.5. The molecule has 37 heavy (non-hydrogen) atoms. The number of likely N-dealkylation sites (tertiary alicyclic amines) is 1. The maximum Gasteiger partial charge on any atom is 0.290 e. The van der Waals surface area contributed by atoms with Crippen LogP contribution >= 0.6 is 11.6 Å². The number of nitrogens with zero attached hydrogens (tertiary/aromatic N) is 5. The number of hydrogen-bond acceptors (Lipinski definition) is 7. The number of aromatic nitrogens is 3. The largest absolute Gasteiger partial charge is 0.497 e. The second-order valence-electron chi connectivity index (χ2n) is 8.85. The topological polar surface area (TPSA) is 136 Å². The van der Waals surface area contributed by atoms with Crippen molar-refractivity contribution in [1.29, 1.82) is 0 Å². The first-order valence-electron chi connectivity index (χ1n) is 11.9. The lowest BCUT2D eigenvalue weighted by molar-refractivity contribution is -0.132. The molecule has 1 saturated heterocycles. The summed E-state index contributed by atoms with van der Waals surface area (Å²) in [7, 11) is 1.64. The van der Waals surface area contributed by atoms with Crippen LogP contribution in [0.1, 0.15) is 48.1 Å². The third-order valence-corrected chi connectivity index (χ3v) is 6.76. The van der Waals surface area contributed by atoms with Crippen molar-refractivity contribution < 1.29 is 19.4 Å². The first-order chi connectivity index (χ1) is 17.9. The molecule has 1 amide bonds. The van der Waals surface area contributed by atoms with Gasteiger partial charge in [0, 0.05) is 35.3 Å². The van der Waals surface area contributed by atoms with Gasteiger partial charge in [0.1, 0.15) is 17.6 Å². The summed E-state index contributed by atoms with van der Waals surface area (Å²) in [6, 6.07) is 13.1. The number of halogens is 1. The number of carboxylic acid groups (broad SMARTS) is 1.